The molecule has 0 spiro atoms. The molecular formula is C14H10F6Sn. The summed E-state index contributed by atoms with van der Waals surface area (Å²) in [6.07, 6.45) is 0. The molecule has 0 heterocycles. The molecule has 0 unspecified atom stereocenters. The zero-order valence-corrected chi connectivity index (χ0v) is 13.4. The van der Waals surface area contributed by atoms with Gasteiger partial charge in [-0.25, -0.2) is 0 Å². The average Bonchev–Trinajstić information content (AvgIpc) is 2.38. The molecule has 0 saturated carbocycles. The molecule has 21 heavy (non-hydrogen) atoms. The van der Waals surface area contributed by atoms with Gasteiger partial charge in [0.2, 0.25) is 0 Å². The summed E-state index contributed by atoms with van der Waals surface area (Å²) in [7, 11) is 0. The van der Waals surface area contributed by atoms with Gasteiger partial charge < -0.3 is 0 Å². The third kappa shape index (κ3) is 2.65. The normalized spacial score (nSPS) is 13.2. The molecule has 0 amide bonds. The fraction of sp³-hybridized carbons (Fsp3) is 0.143. The maximum atomic E-state index is 13.6. The van der Waals surface area contributed by atoms with Gasteiger partial charge in [-0.05, 0) is 0 Å². The van der Waals surface area contributed by atoms with Crippen molar-refractivity contribution in [3.8, 4) is 0 Å². The number of hydrogen-bond acceptors (Lipinski definition) is 0. The van der Waals surface area contributed by atoms with E-state index in [1.807, 2.05) is 0 Å². The van der Waals surface area contributed by atoms with Crippen LogP contribution in [0.4, 0.5) is 26.3 Å². The van der Waals surface area contributed by atoms with Crippen molar-refractivity contribution in [3.05, 3.63) is 60.7 Å². The summed E-state index contributed by atoms with van der Waals surface area (Å²) in [4.78, 5) is 0. The van der Waals surface area contributed by atoms with E-state index in [9.17, 15) is 26.3 Å². The Hall–Kier alpha value is -1.18. The molecule has 0 nitrogen and oxygen atoms in total. The fourth-order valence-corrected chi connectivity index (χ4v) is 11.9. The predicted molar refractivity (Wildman–Crippen MR) is 70.0 cm³/mol. The second kappa shape index (κ2) is 5.55. The van der Waals surface area contributed by atoms with Crippen LogP contribution < -0.4 is 7.16 Å². The summed E-state index contributed by atoms with van der Waals surface area (Å²) < 4.78 is 69.8. The third-order valence-electron chi connectivity index (χ3n) is 3.26. The number of benzene rings is 2. The van der Waals surface area contributed by atoms with Gasteiger partial charge >= 0.3 is 121 Å². The van der Waals surface area contributed by atoms with Crippen molar-refractivity contribution in [3.63, 3.8) is 0 Å². The van der Waals surface area contributed by atoms with E-state index in [1.165, 1.54) is 36.4 Å². The van der Waals surface area contributed by atoms with Crippen molar-refractivity contribution < 1.29 is 26.3 Å². The molecule has 0 aromatic heterocycles. The summed E-state index contributed by atoms with van der Waals surface area (Å²) in [5.74, 6) is 0. The quantitative estimate of drug-likeness (QED) is 0.525. The maximum absolute atomic E-state index is 13.6. The molecule has 0 N–H and O–H groups in total. The Morgan fingerprint density at radius 2 is 0.810 bits per heavy atom. The van der Waals surface area contributed by atoms with Crippen molar-refractivity contribution in [1.29, 1.82) is 0 Å². The van der Waals surface area contributed by atoms with Gasteiger partial charge in [-0.3, -0.25) is 0 Å². The molecule has 0 atom stereocenters. The first-order chi connectivity index (χ1) is 9.71. The van der Waals surface area contributed by atoms with E-state index in [1.54, 1.807) is 0 Å². The first kappa shape index (κ1) is 16.2. The third-order valence-corrected chi connectivity index (χ3v) is 15.0. The first-order valence-corrected chi connectivity index (χ1v) is 11.7. The summed E-state index contributed by atoms with van der Waals surface area (Å²) in [6, 6.07) is 11.4. The second-order valence-corrected chi connectivity index (χ2v) is 15.3. The Balaban J connectivity index is 2.87. The van der Waals surface area contributed by atoms with Crippen LogP contribution in [0.3, 0.4) is 0 Å². The van der Waals surface area contributed by atoms with E-state index in [-0.39, 0.29) is 0 Å². The molecule has 2 rings (SSSR count). The molecule has 0 saturated heterocycles. The Labute approximate surface area is 121 Å². The van der Waals surface area contributed by atoms with Gasteiger partial charge in [0.15, 0.2) is 0 Å². The molecule has 7 heteroatoms. The fourth-order valence-electron chi connectivity index (χ4n) is 2.36. The van der Waals surface area contributed by atoms with Gasteiger partial charge in [-0.2, -0.15) is 0 Å². The first-order valence-electron chi connectivity index (χ1n) is 5.96. The molecule has 2 aromatic rings. The average molecular weight is 411 g/mol. The van der Waals surface area contributed by atoms with Gasteiger partial charge in [0, 0.05) is 0 Å². The van der Waals surface area contributed by atoms with Crippen LogP contribution in [-0.2, 0) is 0 Å². The van der Waals surface area contributed by atoms with Crippen LogP contribution in [-0.4, -0.2) is 26.8 Å². The molecule has 0 aliphatic carbocycles. The van der Waals surface area contributed by atoms with Crippen molar-refractivity contribution in [2.24, 2.45) is 0 Å². The van der Waals surface area contributed by atoms with Crippen LogP contribution >= 0.6 is 0 Å². The molecule has 0 bridgehead atoms. The molecule has 0 radical (unpaired) electrons. The molecule has 2 aromatic carbocycles. The molecular weight excluding hydrogens is 401 g/mol. The van der Waals surface area contributed by atoms with E-state index in [4.69, 9.17) is 0 Å². The second-order valence-electron chi connectivity index (χ2n) is 4.48. The Kier molecular flexibility index (Phi) is 4.28. The SMILES string of the molecule is F[C](F)(F)[Sn]([c]1ccccc1)([c]1ccccc1)[C](F)(F)F. The van der Waals surface area contributed by atoms with Crippen molar-refractivity contribution in [2.45, 2.75) is 8.38 Å². The van der Waals surface area contributed by atoms with Gasteiger partial charge in [0.25, 0.3) is 0 Å². The minimum atomic E-state index is -6.93. The van der Waals surface area contributed by atoms with E-state index >= 15 is 0 Å². The van der Waals surface area contributed by atoms with Crippen molar-refractivity contribution in [1.82, 2.24) is 0 Å². The molecule has 0 aliphatic heterocycles. The number of hydrogen-bond donors (Lipinski definition) is 0. The summed E-state index contributed by atoms with van der Waals surface area (Å²) in [6.45, 7) is 0. The standard InChI is InChI=1S/2C6H5.2CF3.Sn/c2*1-2-4-6-5-3-1;2*2-1(3)4;/h2*1-5H;;;. The number of alkyl halides is 6. The van der Waals surface area contributed by atoms with E-state index < -0.39 is 33.9 Å². The summed E-state index contributed by atoms with van der Waals surface area (Å²) >= 11 is -6.93. The molecule has 0 fully saturated rings. The summed E-state index contributed by atoms with van der Waals surface area (Å²) in [5.41, 5.74) is 0. The Morgan fingerprint density at radius 1 is 0.524 bits per heavy atom. The monoisotopic (exact) mass is 412 g/mol. The van der Waals surface area contributed by atoms with Crippen LogP contribution in [0, 0.1) is 0 Å². The van der Waals surface area contributed by atoms with Crippen molar-refractivity contribution >= 4 is 25.5 Å². The zero-order chi connectivity index (χ0) is 15.7. The van der Waals surface area contributed by atoms with Gasteiger partial charge in [-0.1, -0.05) is 0 Å². The van der Waals surface area contributed by atoms with E-state index in [0.717, 1.165) is 24.3 Å². The summed E-state index contributed by atoms with van der Waals surface area (Å²) in [5, 5.41) is 0. The van der Waals surface area contributed by atoms with Crippen LogP contribution in [0.15, 0.2) is 60.7 Å². The number of halogens is 6. The van der Waals surface area contributed by atoms with Gasteiger partial charge in [0.1, 0.15) is 0 Å². The van der Waals surface area contributed by atoms with E-state index in [2.05, 4.69) is 0 Å². The van der Waals surface area contributed by atoms with Gasteiger partial charge in [-0.15, -0.1) is 0 Å². The van der Waals surface area contributed by atoms with E-state index in [0.29, 0.717) is 0 Å². The number of rotatable bonds is 2. The Morgan fingerprint density at radius 3 is 1.05 bits per heavy atom. The minimum absolute atomic E-state index is 0.641. The van der Waals surface area contributed by atoms with Crippen LogP contribution in [0.25, 0.3) is 0 Å². The molecule has 112 valence electrons. The topological polar surface area (TPSA) is 0 Å². The van der Waals surface area contributed by atoms with Gasteiger partial charge in [0.05, 0.1) is 0 Å². The van der Waals surface area contributed by atoms with Crippen LogP contribution in [0.1, 0.15) is 0 Å². The molecule has 0 aliphatic rings. The zero-order valence-electron chi connectivity index (χ0n) is 10.5. The van der Waals surface area contributed by atoms with Crippen LogP contribution in [0.2, 0.25) is 0 Å². The Bertz CT molecular complexity index is 533. The van der Waals surface area contributed by atoms with Crippen molar-refractivity contribution in [2.75, 3.05) is 0 Å². The predicted octanol–water partition coefficient (Wildman–Crippen LogP) is 3.45. The van der Waals surface area contributed by atoms with Crippen LogP contribution in [0.5, 0.6) is 0 Å².